The number of thioether (sulfide) groups is 1. The van der Waals surface area contributed by atoms with Gasteiger partial charge in [0.05, 0.1) is 0 Å². The third kappa shape index (κ3) is 5.26. The highest BCUT2D eigenvalue weighted by molar-refractivity contribution is 7.99. The van der Waals surface area contributed by atoms with Crippen LogP contribution in [0.15, 0.2) is 0 Å². The van der Waals surface area contributed by atoms with Crippen molar-refractivity contribution in [2.45, 2.75) is 57.9 Å². The smallest absolute Gasteiger partial charge is 0.0183 e. The molecule has 0 heterocycles. The van der Waals surface area contributed by atoms with Crippen LogP contribution in [0.25, 0.3) is 0 Å². The van der Waals surface area contributed by atoms with Gasteiger partial charge >= 0.3 is 0 Å². The zero-order valence-electron chi connectivity index (χ0n) is 10.4. The predicted octanol–water partition coefficient (Wildman–Crippen LogP) is 3.69. The van der Waals surface area contributed by atoms with E-state index in [1.54, 1.807) is 0 Å². The Balaban J connectivity index is 2.05. The van der Waals surface area contributed by atoms with Gasteiger partial charge < -0.3 is 5.32 Å². The van der Waals surface area contributed by atoms with Gasteiger partial charge in [-0.05, 0) is 38.0 Å². The average molecular weight is 229 g/mol. The van der Waals surface area contributed by atoms with Gasteiger partial charge in [-0.1, -0.05) is 32.6 Å². The molecule has 1 rings (SSSR count). The second-order valence-electron chi connectivity index (χ2n) is 4.72. The fraction of sp³-hybridized carbons (Fsp3) is 1.00. The normalized spacial score (nSPS) is 19.6. The molecule has 1 aliphatic rings. The molecule has 0 aromatic heterocycles. The Morgan fingerprint density at radius 1 is 1.27 bits per heavy atom. The minimum atomic E-state index is 0.777. The molecule has 0 aromatic rings. The fourth-order valence-corrected chi connectivity index (χ4v) is 3.75. The van der Waals surface area contributed by atoms with Crippen LogP contribution in [0.3, 0.4) is 0 Å². The molecule has 2 heteroatoms. The molecule has 0 spiro atoms. The number of unbranched alkanes of at least 4 members (excludes halogenated alkanes) is 2. The summed E-state index contributed by atoms with van der Waals surface area (Å²) in [6.45, 7) is 2.28. The highest BCUT2D eigenvalue weighted by atomic mass is 32.2. The van der Waals surface area contributed by atoms with E-state index in [1.807, 2.05) is 0 Å². The minimum absolute atomic E-state index is 0.777. The lowest BCUT2D eigenvalue weighted by molar-refractivity contribution is 0.410. The predicted molar refractivity (Wildman–Crippen MR) is 71.7 cm³/mol. The van der Waals surface area contributed by atoms with E-state index in [9.17, 15) is 0 Å². The van der Waals surface area contributed by atoms with E-state index in [4.69, 9.17) is 0 Å². The number of hydrogen-bond donors (Lipinski definition) is 1. The van der Waals surface area contributed by atoms with Gasteiger partial charge in [-0.3, -0.25) is 0 Å². The highest BCUT2D eigenvalue weighted by Crippen LogP contribution is 2.29. The molecule has 1 N–H and O–H groups in total. The van der Waals surface area contributed by atoms with Crippen LogP contribution in [0.1, 0.15) is 51.9 Å². The molecule has 15 heavy (non-hydrogen) atoms. The third-order valence-corrected chi connectivity index (χ3v) is 4.70. The van der Waals surface area contributed by atoms with Gasteiger partial charge in [0.15, 0.2) is 0 Å². The van der Waals surface area contributed by atoms with Crippen LogP contribution in [0.2, 0.25) is 0 Å². The molecular formula is C13H27NS. The van der Waals surface area contributed by atoms with Gasteiger partial charge in [-0.15, -0.1) is 0 Å². The first kappa shape index (κ1) is 13.4. The number of hydrogen-bond acceptors (Lipinski definition) is 2. The molecular weight excluding hydrogens is 202 g/mol. The lowest BCUT2D eigenvalue weighted by Gasteiger charge is -2.22. The SMILES string of the molecule is CCCCCSCC(NC)C1CCCC1. The Morgan fingerprint density at radius 2 is 2.00 bits per heavy atom. The van der Waals surface area contributed by atoms with Crippen molar-refractivity contribution in [3.8, 4) is 0 Å². The molecule has 0 aromatic carbocycles. The summed E-state index contributed by atoms with van der Waals surface area (Å²) in [4.78, 5) is 0. The van der Waals surface area contributed by atoms with Crippen LogP contribution >= 0.6 is 11.8 Å². The summed E-state index contributed by atoms with van der Waals surface area (Å²) in [5.41, 5.74) is 0. The molecule has 0 saturated heterocycles. The van der Waals surface area contributed by atoms with Gasteiger partial charge in [0.2, 0.25) is 0 Å². The molecule has 1 unspecified atom stereocenters. The van der Waals surface area contributed by atoms with E-state index in [0.717, 1.165) is 12.0 Å². The molecule has 0 bridgehead atoms. The monoisotopic (exact) mass is 229 g/mol. The Morgan fingerprint density at radius 3 is 2.60 bits per heavy atom. The van der Waals surface area contributed by atoms with Crippen LogP contribution in [0, 0.1) is 5.92 Å². The molecule has 1 saturated carbocycles. The lowest BCUT2D eigenvalue weighted by Crippen LogP contribution is -2.34. The summed E-state index contributed by atoms with van der Waals surface area (Å²) in [6.07, 6.45) is 10.00. The van der Waals surface area contributed by atoms with E-state index in [-0.39, 0.29) is 0 Å². The van der Waals surface area contributed by atoms with Crippen molar-refractivity contribution in [3.05, 3.63) is 0 Å². The van der Waals surface area contributed by atoms with E-state index >= 15 is 0 Å². The van der Waals surface area contributed by atoms with Gasteiger partial charge in [-0.2, -0.15) is 11.8 Å². The van der Waals surface area contributed by atoms with Crippen molar-refractivity contribution in [1.29, 1.82) is 0 Å². The van der Waals surface area contributed by atoms with Crippen molar-refractivity contribution in [2.75, 3.05) is 18.6 Å². The third-order valence-electron chi connectivity index (χ3n) is 3.53. The maximum absolute atomic E-state index is 3.51. The van der Waals surface area contributed by atoms with E-state index in [0.29, 0.717) is 0 Å². The van der Waals surface area contributed by atoms with Crippen molar-refractivity contribution >= 4 is 11.8 Å². The molecule has 1 atom stereocenters. The maximum Gasteiger partial charge on any atom is 0.0183 e. The Bertz CT molecular complexity index is 143. The first-order valence-electron chi connectivity index (χ1n) is 6.63. The summed E-state index contributed by atoms with van der Waals surface area (Å²) in [5.74, 6) is 3.65. The lowest BCUT2D eigenvalue weighted by atomic mass is 10.0. The highest BCUT2D eigenvalue weighted by Gasteiger charge is 2.23. The molecule has 1 nitrogen and oxygen atoms in total. The molecule has 0 amide bonds. The van der Waals surface area contributed by atoms with Crippen molar-refractivity contribution < 1.29 is 0 Å². The first-order valence-corrected chi connectivity index (χ1v) is 7.79. The van der Waals surface area contributed by atoms with Gasteiger partial charge in [0.1, 0.15) is 0 Å². The Kier molecular flexibility index (Phi) is 7.54. The summed E-state index contributed by atoms with van der Waals surface area (Å²) >= 11 is 2.15. The van der Waals surface area contributed by atoms with Gasteiger partial charge in [0.25, 0.3) is 0 Å². The molecule has 0 radical (unpaired) electrons. The van der Waals surface area contributed by atoms with Crippen LogP contribution in [-0.2, 0) is 0 Å². The second-order valence-corrected chi connectivity index (χ2v) is 5.87. The molecule has 0 aliphatic heterocycles. The van der Waals surface area contributed by atoms with Gasteiger partial charge in [-0.25, -0.2) is 0 Å². The average Bonchev–Trinajstić information content (AvgIpc) is 2.77. The number of rotatable bonds is 8. The van der Waals surface area contributed by atoms with Crippen LogP contribution in [0.5, 0.6) is 0 Å². The Labute approximate surface area is 99.8 Å². The second kappa shape index (κ2) is 8.46. The van der Waals surface area contributed by atoms with Gasteiger partial charge in [0, 0.05) is 11.8 Å². The quantitative estimate of drug-likeness (QED) is 0.637. The van der Waals surface area contributed by atoms with Crippen LogP contribution in [-0.4, -0.2) is 24.6 Å². The maximum atomic E-state index is 3.51. The molecule has 1 fully saturated rings. The molecule has 1 aliphatic carbocycles. The first-order chi connectivity index (χ1) is 7.38. The molecule has 90 valence electrons. The summed E-state index contributed by atoms with van der Waals surface area (Å²) < 4.78 is 0. The summed E-state index contributed by atoms with van der Waals surface area (Å²) in [6, 6.07) is 0.777. The summed E-state index contributed by atoms with van der Waals surface area (Å²) in [5, 5.41) is 3.51. The zero-order valence-corrected chi connectivity index (χ0v) is 11.2. The largest absolute Gasteiger partial charge is 0.316 e. The van der Waals surface area contributed by atoms with E-state index < -0.39 is 0 Å². The van der Waals surface area contributed by atoms with Crippen molar-refractivity contribution in [1.82, 2.24) is 5.32 Å². The standard InChI is InChI=1S/C13H27NS/c1-3-4-7-10-15-11-13(14-2)12-8-5-6-9-12/h12-14H,3-11H2,1-2H3. The topological polar surface area (TPSA) is 12.0 Å². The summed E-state index contributed by atoms with van der Waals surface area (Å²) in [7, 11) is 2.13. The minimum Gasteiger partial charge on any atom is -0.316 e. The van der Waals surface area contributed by atoms with Crippen molar-refractivity contribution in [2.24, 2.45) is 5.92 Å². The zero-order chi connectivity index (χ0) is 10.9. The van der Waals surface area contributed by atoms with E-state index in [2.05, 4.69) is 31.1 Å². The van der Waals surface area contributed by atoms with E-state index in [1.165, 1.54) is 56.5 Å². The Hall–Kier alpha value is 0.310. The van der Waals surface area contributed by atoms with Crippen molar-refractivity contribution in [3.63, 3.8) is 0 Å². The van der Waals surface area contributed by atoms with Crippen LogP contribution < -0.4 is 5.32 Å². The van der Waals surface area contributed by atoms with Crippen LogP contribution in [0.4, 0.5) is 0 Å². The fourth-order valence-electron chi connectivity index (χ4n) is 2.48. The number of nitrogens with one attached hydrogen (secondary N) is 1.